The predicted octanol–water partition coefficient (Wildman–Crippen LogP) is 4.31. The van der Waals surface area contributed by atoms with E-state index in [9.17, 15) is 13.2 Å². The zero-order chi connectivity index (χ0) is 23.7. The first-order chi connectivity index (χ1) is 15.9. The van der Waals surface area contributed by atoms with Gasteiger partial charge in [-0.25, -0.2) is 13.6 Å². The van der Waals surface area contributed by atoms with Gasteiger partial charge in [-0.1, -0.05) is 61.9 Å². The zero-order valence-corrected chi connectivity index (χ0v) is 19.4. The standard InChI is InChI=1S/C25H29N3O4S/c1-2-3-15-27-22-17-20(25(29)28-16-14-19-10-6-4-7-11-19)18-23(33(26,30)31)24(22)32-21-12-8-5-9-13-21/h4-13,17-18,27H,2-3,14-16H2,1H3,(H,28,29)(H2,26,30,31). The molecular formula is C25H29N3O4S. The van der Waals surface area contributed by atoms with Crippen LogP contribution in [0.4, 0.5) is 5.69 Å². The van der Waals surface area contributed by atoms with Crippen LogP contribution in [0.15, 0.2) is 77.7 Å². The van der Waals surface area contributed by atoms with Crippen LogP contribution in [0.25, 0.3) is 0 Å². The lowest BCUT2D eigenvalue weighted by Gasteiger charge is -2.18. The molecule has 7 nitrogen and oxygen atoms in total. The van der Waals surface area contributed by atoms with E-state index in [0.717, 1.165) is 18.4 Å². The van der Waals surface area contributed by atoms with Crippen LogP contribution in [0.2, 0.25) is 0 Å². The van der Waals surface area contributed by atoms with Gasteiger partial charge in [0.25, 0.3) is 5.91 Å². The summed E-state index contributed by atoms with van der Waals surface area (Å²) < 4.78 is 30.8. The molecule has 0 bridgehead atoms. The Kier molecular flexibility index (Phi) is 8.46. The molecule has 33 heavy (non-hydrogen) atoms. The van der Waals surface area contributed by atoms with Crippen molar-refractivity contribution in [2.24, 2.45) is 5.14 Å². The molecule has 0 aliphatic carbocycles. The molecule has 0 saturated carbocycles. The number of sulfonamides is 1. The lowest BCUT2D eigenvalue weighted by molar-refractivity contribution is 0.0954. The van der Waals surface area contributed by atoms with Crippen LogP contribution in [0.1, 0.15) is 35.7 Å². The van der Waals surface area contributed by atoms with Gasteiger partial charge in [0.05, 0.1) is 5.69 Å². The van der Waals surface area contributed by atoms with Crippen molar-refractivity contribution >= 4 is 21.6 Å². The fourth-order valence-corrected chi connectivity index (χ4v) is 3.96. The Morgan fingerprint density at radius 3 is 2.27 bits per heavy atom. The van der Waals surface area contributed by atoms with Crippen molar-refractivity contribution in [1.29, 1.82) is 0 Å². The highest BCUT2D eigenvalue weighted by atomic mass is 32.2. The molecule has 0 spiro atoms. The molecular weight excluding hydrogens is 438 g/mol. The van der Waals surface area contributed by atoms with E-state index in [4.69, 9.17) is 9.88 Å². The minimum atomic E-state index is -4.17. The van der Waals surface area contributed by atoms with E-state index in [1.54, 1.807) is 30.3 Å². The van der Waals surface area contributed by atoms with Crippen LogP contribution in [0.5, 0.6) is 11.5 Å². The number of benzene rings is 3. The van der Waals surface area contributed by atoms with Crippen LogP contribution >= 0.6 is 0 Å². The molecule has 0 aromatic heterocycles. The first kappa shape index (κ1) is 24.3. The molecule has 3 rings (SSSR count). The fourth-order valence-electron chi connectivity index (χ4n) is 3.25. The molecule has 4 N–H and O–H groups in total. The van der Waals surface area contributed by atoms with Gasteiger partial charge < -0.3 is 15.4 Å². The number of hydrogen-bond donors (Lipinski definition) is 3. The van der Waals surface area contributed by atoms with Crippen LogP contribution in [-0.2, 0) is 16.4 Å². The molecule has 0 aliphatic rings. The smallest absolute Gasteiger partial charge is 0.251 e. The molecule has 8 heteroatoms. The SMILES string of the molecule is CCCCNc1cc(C(=O)NCCc2ccccc2)cc(S(N)(=O)=O)c1Oc1ccccc1. The van der Waals surface area contributed by atoms with E-state index in [1.165, 1.54) is 6.07 Å². The number of carbonyl (C=O) groups excluding carboxylic acids is 1. The monoisotopic (exact) mass is 467 g/mol. The quantitative estimate of drug-likeness (QED) is 0.364. The highest BCUT2D eigenvalue weighted by Gasteiger charge is 2.23. The summed E-state index contributed by atoms with van der Waals surface area (Å²) in [5.74, 6) is 0.141. The Balaban J connectivity index is 1.91. The number of anilines is 1. The summed E-state index contributed by atoms with van der Waals surface area (Å²) in [6.07, 6.45) is 2.47. The second kappa shape index (κ2) is 11.5. The van der Waals surface area contributed by atoms with Crippen molar-refractivity contribution in [2.75, 3.05) is 18.4 Å². The highest BCUT2D eigenvalue weighted by molar-refractivity contribution is 7.89. The van der Waals surface area contributed by atoms with Crippen LogP contribution < -0.4 is 20.5 Å². The Labute approximate surface area is 195 Å². The summed E-state index contributed by atoms with van der Waals surface area (Å²) in [4.78, 5) is 12.6. The third-order valence-corrected chi connectivity index (χ3v) is 5.89. The van der Waals surface area contributed by atoms with Gasteiger partial charge in [-0.05, 0) is 42.7 Å². The minimum Gasteiger partial charge on any atom is -0.454 e. The van der Waals surface area contributed by atoms with Gasteiger partial charge in [0.1, 0.15) is 10.6 Å². The van der Waals surface area contributed by atoms with Crippen molar-refractivity contribution in [3.8, 4) is 11.5 Å². The topological polar surface area (TPSA) is 111 Å². The van der Waals surface area contributed by atoms with Gasteiger partial charge in [-0.2, -0.15) is 0 Å². The maximum Gasteiger partial charge on any atom is 0.251 e. The number of nitrogens with two attached hydrogens (primary N) is 1. The molecule has 1 amide bonds. The Morgan fingerprint density at radius 1 is 0.970 bits per heavy atom. The van der Waals surface area contributed by atoms with E-state index < -0.39 is 10.0 Å². The number of nitrogens with one attached hydrogen (secondary N) is 2. The zero-order valence-electron chi connectivity index (χ0n) is 18.6. The Morgan fingerprint density at radius 2 is 1.64 bits per heavy atom. The Bertz CT molecular complexity index is 1170. The summed E-state index contributed by atoms with van der Waals surface area (Å²) in [7, 11) is -4.17. The number of unbranched alkanes of at least 4 members (excludes halogenated alkanes) is 1. The van der Waals surface area contributed by atoms with Crippen molar-refractivity contribution in [3.63, 3.8) is 0 Å². The van der Waals surface area contributed by atoms with E-state index >= 15 is 0 Å². The van der Waals surface area contributed by atoms with Gasteiger partial charge in [-0.3, -0.25) is 4.79 Å². The summed E-state index contributed by atoms with van der Waals surface area (Å²) >= 11 is 0. The molecule has 0 unspecified atom stereocenters. The molecule has 0 aliphatic heterocycles. The number of primary sulfonamides is 1. The lowest BCUT2D eigenvalue weighted by Crippen LogP contribution is -2.26. The first-order valence-corrected chi connectivity index (χ1v) is 12.4. The third kappa shape index (κ3) is 7.06. The van der Waals surface area contributed by atoms with E-state index in [0.29, 0.717) is 30.9 Å². The van der Waals surface area contributed by atoms with E-state index in [1.807, 2.05) is 36.4 Å². The predicted molar refractivity (Wildman–Crippen MR) is 130 cm³/mol. The van der Waals surface area contributed by atoms with Crippen LogP contribution in [-0.4, -0.2) is 27.4 Å². The van der Waals surface area contributed by atoms with Crippen LogP contribution in [0.3, 0.4) is 0 Å². The third-order valence-electron chi connectivity index (χ3n) is 4.97. The fraction of sp³-hybridized carbons (Fsp3) is 0.240. The number of amides is 1. The molecule has 3 aromatic rings. The summed E-state index contributed by atoms with van der Waals surface area (Å²) in [5, 5.41) is 11.6. The Hall–Kier alpha value is -3.36. The maximum absolute atomic E-state index is 12.9. The van der Waals surface area contributed by atoms with Crippen molar-refractivity contribution in [1.82, 2.24) is 5.32 Å². The lowest BCUT2D eigenvalue weighted by atomic mass is 10.1. The minimum absolute atomic E-state index is 0.0700. The molecule has 0 saturated heterocycles. The van der Waals surface area contributed by atoms with Gasteiger partial charge >= 0.3 is 0 Å². The van der Waals surface area contributed by atoms with Crippen molar-refractivity contribution in [2.45, 2.75) is 31.1 Å². The number of hydrogen-bond acceptors (Lipinski definition) is 5. The number of para-hydroxylation sites is 1. The molecule has 174 valence electrons. The number of carbonyl (C=O) groups is 1. The second-order valence-electron chi connectivity index (χ2n) is 7.58. The van der Waals surface area contributed by atoms with Crippen LogP contribution in [0, 0.1) is 0 Å². The van der Waals surface area contributed by atoms with Gasteiger partial charge in [-0.15, -0.1) is 0 Å². The number of ether oxygens (including phenoxy) is 1. The average molecular weight is 468 g/mol. The highest BCUT2D eigenvalue weighted by Crippen LogP contribution is 2.37. The van der Waals surface area contributed by atoms with Gasteiger partial charge in [0.15, 0.2) is 5.75 Å². The maximum atomic E-state index is 12.9. The second-order valence-corrected chi connectivity index (χ2v) is 9.11. The number of rotatable bonds is 11. The normalized spacial score (nSPS) is 11.1. The molecule has 0 atom stereocenters. The molecule has 0 fully saturated rings. The largest absolute Gasteiger partial charge is 0.454 e. The van der Waals surface area contributed by atoms with E-state index in [2.05, 4.69) is 17.6 Å². The summed E-state index contributed by atoms with van der Waals surface area (Å²) in [6, 6.07) is 21.5. The average Bonchev–Trinajstić information content (AvgIpc) is 2.80. The molecule has 0 radical (unpaired) electrons. The summed E-state index contributed by atoms with van der Waals surface area (Å²) in [5.41, 5.74) is 1.68. The van der Waals surface area contributed by atoms with Crippen molar-refractivity contribution < 1.29 is 17.9 Å². The van der Waals surface area contributed by atoms with Crippen molar-refractivity contribution in [3.05, 3.63) is 83.9 Å². The first-order valence-electron chi connectivity index (χ1n) is 10.9. The summed E-state index contributed by atoms with van der Waals surface area (Å²) in [6.45, 7) is 3.05. The van der Waals surface area contributed by atoms with Gasteiger partial charge in [0.2, 0.25) is 10.0 Å². The molecule has 3 aromatic carbocycles. The van der Waals surface area contributed by atoms with Gasteiger partial charge in [0, 0.05) is 18.7 Å². The molecule has 0 heterocycles. The van der Waals surface area contributed by atoms with E-state index in [-0.39, 0.29) is 22.1 Å².